The predicted molar refractivity (Wildman–Crippen MR) is 48.0 cm³/mol. The fourth-order valence-corrected chi connectivity index (χ4v) is 1.10. The molecule has 1 aromatic rings. The molecule has 80 valence electrons. The van der Waals surface area contributed by atoms with Crippen LogP contribution >= 0.6 is 0 Å². The molecule has 0 spiro atoms. The third-order valence-corrected chi connectivity index (χ3v) is 1.97. The Bertz CT molecular complexity index is 377. The maximum absolute atomic E-state index is 12.2. The summed E-state index contributed by atoms with van der Waals surface area (Å²) in [6, 6.07) is 4.06. The van der Waals surface area contributed by atoms with Crippen LogP contribution < -0.4 is 0 Å². The van der Waals surface area contributed by atoms with Gasteiger partial charge < -0.3 is 0 Å². The van der Waals surface area contributed by atoms with Crippen molar-refractivity contribution in [3.8, 4) is 0 Å². The van der Waals surface area contributed by atoms with Crippen molar-refractivity contribution in [1.82, 2.24) is 0 Å². The topological polar surface area (TPSA) is 29.4 Å². The zero-order valence-electron chi connectivity index (χ0n) is 7.88. The third-order valence-electron chi connectivity index (χ3n) is 1.97. The lowest BCUT2D eigenvalue weighted by molar-refractivity contribution is -0.137. The predicted octanol–water partition coefficient (Wildman–Crippen LogP) is 3.10. The smallest absolute Gasteiger partial charge is 0.211 e. The molecule has 0 radical (unpaired) electrons. The maximum atomic E-state index is 12.2. The van der Waals surface area contributed by atoms with Gasteiger partial charge in [-0.25, -0.2) is 4.79 Å². The molecule has 0 heterocycles. The summed E-state index contributed by atoms with van der Waals surface area (Å²) in [5.41, 5.74) is -0.167. The van der Waals surface area contributed by atoms with Crippen LogP contribution in [0.2, 0.25) is 0 Å². The van der Waals surface area contributed by atoms with E-state index in [0.717, 1.165) is 12.1 Å². The molecule has 0 aliphatic heterocycles. The molecule has 5 heteroatoms. The van der Waals surface area contributed by atoms with Gasteiger partial charge in [0.05, 0.1) is 11.6 Å². The van der Waals surface area contributed by atoms with Crippen LogP contribution in [-0.4, -0.2) is 6.08 Å². The largest absolute Gasteiger partial charge is 0.416 e. The van der Waals surface area contributed by atoms with Crippen LogP contribution in [0.1, 0.15) is 24.1 Å². The Morgan fingerprint density at radius 2 is 1.80 bits per heavy atom. The monoisotopic (exact) mass is 215 g/mol. The number of isocyanates is 1. The molecule has 15 heavy (non-hydrogen) atoms. The van der Waals surface area contributed by atoms with Crippen LogP contribution in [0.25, 0.3) is 0 Å². The number of alkyl halides is 3. The van der Waals surface area contributed by atoms with Crippen molar-refractivity contribution in [2.45, 2.75) is 19.1 Å². The molecule has 0 aromatic heterocycles. The lowest BCUT2D eigenvalue weighted by Gasteiger charge is -2.08. The van der Waals surface area contributed by atoms with Gasteiger partial charge in [0.2, 0.25) is 6.08 Å². The first-order valence-corrected chi connectivity index (χ1v) is 4.19. The fourth-order valence-electron chi connectivity index (χ4n) is 1.10. The molecule has 0 aliphatic carbocycles. The highest BCUT2D eigenvalue weighted by Crippen LogP contribution is 2.30. The van der Waals surface area contributed by atoms with Crippen LogP contribution in [0, 0.1) is 0 Å². The Kier molecular flexibility index (Phi) is 3.27. The molecule has 0 aliphatic rings. The molecular formula is C10H8F3NO. The van der Waals surface area contributed by atoms with Crippen molar-refractivity contribution in [2.75, 3.05) is 0 Å². The highest BCUT2D eigenvalue weighted by atomic mass is 19.4. The van der Waals surface area contributed by atoms with E-state index in [0.29, 0.717) is 5.56 Å². The molecule has 0 fully saturated rings. The van der Waals surface area contributed by atoms with Gasteiger partial charge in [-0.05, 0) is 24.6 Å². The summed E-state index contributed by atoms with van der Waals surface area (Å²) in [5.74, 6) is 0. The Morgan fingerprint density at radius 3 is 2.20 bits per heavy atom. The van der Waals surface area contributed by atoms with Crippen molar-refractivity contribution in [3.05, 3.63) is 35.4 Å². The fraction of sp³-hybridized carbons (Fsp3) is 0.300. The van der Waals surface area contributed by atoms with Gasteiger partial charge in [-0.1, -0.05) is 12.1 Å². The van der Waals surface area contributed by atoms with Gasteiger partial charge in [0.15, 0.2) is 0 Å². The third kappa shape index (κ3) is 2.92. The Labute approximate surface area is 84.4 Å². The average molecular weight is 215 g/mol. The van der Waals surface area contributed by atoms with E-state index in [9.17, 15) is 18.0 Å². The van der Waals surface area contributed by atoms with Crippen LogP contribution in [0.3, 0.4) is 0 Å². The lowest BCUT2D eigenvalue weighted by atomic mass is 10.1. The van der Waals surface area contributed by atoms with Crippen LogP contribution in [-0.2, 0) is 11.0 Å². The first-order chi connectivity index (χ1) is 6.95. The van der Waals surface area contributed by atoms with Crippen molar-refractivity contribution < 1.29 is 18.0 Å². The zero-order chi connectivity index (χ0) is 11.5. The molecule has 0 unspecified atom stereocenters. The second-order valence-corrected chi connectivity index (χ2v) is 3.02. The number of hydrogen-bond acceptors (Lipinski definition) is 2. The van der Waals surface area contributed by atoms with Gasteiger partial charge >= 0.3 is 6.18 Å². The first-order valence-electron chi connectivity index (χ1n) is 4.19. The van der Waals surface area contributed by atoms with Crippen molar-refractivity contribution in [3.63, 3.8) is 0 Å². The highest BCUT2D eigenvalue weighted by Gasteiger charge is 2.30. The number of rotatable bonds is 2. The number of halogens is 3. The van der Waals surface area contributed by atoms with E-state index in [4.69, 9.17) is 0 Å². The number of hydrogen-bond donors (Lipinski definition) is 0. The lowest BCUT2D eigenvalue weighted by Crippen LogP contribution is -2.04. The quantitative estimate of drug-likeness (QED) is 0.550. The van der Waals surface area contributed by atoms with Crippen molar-refractivity contribution in [1.29, 1.82) is 0 Å². The number of carbonyl (C=O) groups excluding carboxylic acids is 1. The summed E-state index contributed by atoms with van der Waals surface area (Å²) in [6.45, 7) is 1.60. The molecule has 0 saturated carbocycles. The first kappa shape index (κ1) is 11.5. The van der Waals surface area contributed by atoms with E-state index < -0.39 is 17.8 Å². The number of benzene rings is 1. The summed E-state index contributed by atoms with van der Waals surface area (Å²) in [5, 5.41) is 0. The molecule has 1 aromatic carbocycles. The van der Waals surface area contributed by atoms with E-state index in [2.05, 4.69) is 4.99 Å². The van der Waals surface area contributed by atoms with E-state index in [1.165, 1.54) is 18.2 Å². The zero-order valence-corrected chi connectivity index (χ0v) is 7.88. The second-order valence-electron chi connectivity index (χ2n) is 3.02. The second kappa shape index (κ2) is 4.28. The summed E-state index contributed by atoms with van der Waals surface area (Å²) >= 11 is 0. The van der Waals surface area contributed by atoms with Crippen molar-refractivity contribution in [2.24, 2.45) is 4.99 Å². The maximum Gasteiger partial charge on any atom is 0.416 e. The Balaban J connectivity index is 2.95. The highest BCUT2D eigenvalue weighted by molar-refractivity contribution is 5.36. The summed E-state index contributed by atoms with van der Waals surface area (Å²) < 4.78 is 36.5. The van der Waals surface area contributed by atoms with E-state index in [1.807, 2.05) is 0 Å². The molecule has 0 bridgehead atoms. The molecule has 1 atom stereocenters. The van der Waals surface area contributed by atoms with Crippen LogP contribution in [0.15, 0.2) is 29.3 Å². The van der Waals surface area contributed by atoms with Gasteiger partial charge in [0, 0.05) is 0 Å². The Morgan fingerprint density at radius 1 is 1.27 bits per heavy atom. The molecular weight excluding hydrogens is 207 g/mol. The summed E-state index contributed by atoms with van der Waals surface area (Å²) in [4.78, 5) is 13.3. The van der Waals surface area contributed by atoms with E-state index >= 15 is 0 Å². The van der Waals surface area contributed by atoms with Gasteiger partial charge in [-0.3, -0.25) is 0 Å². The normalized spacial score (nSPS) is 13.1. The minimum absolute atomic E-state index is 0.468. The SMILES string of the molecule is C[C@@H](N=C=O)c1ccc(C(F)(F)F)cc1. The molecule has 0 amide bonds. The average Bonchev–Trinajstić information content (AvgIpc) is 2.17. The van der Waals surface area contributed by atoms with Gasteiger partial charge in [-0.2, -0.15) is 18.2 Å². The number of aliphatic imine (C=N–C) groups is 1. The van der Waals surface area contributed by atoms with Gasteiger partial charge in [0.25, 0.3) is 0 Å². The Hall–Kier alpha value is -1.61. The molecule has 1 rings (SSSR count). The van der Waals surface area contributed by atoms with Gasteiger partial charge in [0.1, 0.15) is 0 Å². The summed E-state index contributed by atoms with van der Waals surface area (Å²) in [6.07, 6.45) is -2.97. The van der Waals surface area contributed by atoms with Crippen LogP contribution in [0.5, 0.6) is 0 Å². The standard InChI is InChI=1S/C10H8F3NO/c1-7(14-6-15)8-2-4-9(5-3-8)10(11,12)13/h2-5,7H,1H3/t7-/m1/s1. The molecule has 0 saturated heterocycles. The molecule has 0 N–H and O–H groups in total. The number of nitrogens with zero attached hydrogens (tertiary/aromatic N) is 1. The summed E-state index contributed by atoms with van der Waals surface area (Å²) in [7, 11) is 0. The minimum Gasteiger partial charge on any atom is -0.211 e. The minimum atomic E-state index is -4.34. The van der Waals surface area contributed by atoms with Crippen molar-refractivity contribution >= 4 is 6.08 Å². The molecule has 2 nitrogen and oxygen atoms in total. The van der Waals surface area contributed by atoms with E-state index in [1.54, 1.807) is 6.92 Å². The van der Waals surface area contributed by atoms with E-state index in [-0.39, 0.29) is 0 Å². The van der Waals surface area contributed by atoms with Gasteiger partial charge in [-0.15, -0.1) is 0 Å². The van der Waals surface area contributed by atoms with Crippen LogP contribution in [0.4, 0.5) is 13.2 Å².